The fourth-order valence-electron chi connectivity index (χ4n) is 0.756. The first-order valence-electron chi connectivity index (χ1n) is 3.62. The molecular formula is C10H11N. The Kier molecular flexibility index (Phi) is 3.24. The third kappa shape index (κ3) is 2.88. The van der Waals surface area contributed by atoms with Gasteiger partial charge >= 0.3 is 0 Å². The van der Waals surface area contributed by atoms with Crippen molar-refractivity contribution < 1.29 is 0 Å². The Hall–Kier alpha value is -1.26. The van der Waals surface area contributed by atoms with Crippen molar-refractivity contribution in [1.29, 1.82) is 0 Å². The van der Waals surface area contributed by atoms with Crippen molar-refractivity contribution in [1.82, 2.24) is 5.32 Å². The Morgan fingerprint density at radius 2 is 2.00 bits per heavy atom. The molecule has 1 aromatic carbocycles. The minimum atomic E-state index is 0.745. The van der Waals surface area contributed by atoms with E-state index in [0.717, 1.165) is 12.1 Å². The number of nitrogens with one attached hydrogen (secondary N) is 1. The lowest BCUT2D eigenvalue weighted by Gasteiger charge is -1.86. The summed E-state index contributed by atoms with van der Waals surface area (Å²) in [5.74, 6) is 6.02. The molecule has 0 fully saturated rings. The molecule has 0 bridgehead atoms. The van der Waals surface area contributed by atoms with Crippen molar-refractivity contribution in [3.63, 3.8) is 0 Å². The maximum atomic E-state index is 3.03. The van der Waals surface area contributed by atoms with Gasteiger partial charge in [0.15, 0.2) is 0 Å². The van der Waals surface area contributed by atoms with Crippen molar-refractivity contribution in [2.75, 3.05) is 13.6 Å². The van der Waals surface area contributed by atoms with Crippen LogP contribution in [0.25, 0.3) is 0 Å². The zero-order chi connectivity index (χ0) is 7.94. The molecule has 1 heteroatoms. The smallest absolute Gasteiger partial charge is 0.0577 e. The van der Waals surface area contributed by atoms with Gasteiger partial charge in [-0.1, -0.05) is 30.0 Å². The van der Waals surface area contributed by atoms with E-state index in [0.29, 0.717) is 0 Å². The molecule has 0 amide bonds. The molecule has 0 saturated carbocycles. The van der Waals surface area contributed by atoms with Crippen LogP contribution in [0.3, 0.4) is 0 Å². The third-order valence-corrected chi connectivity index (χ3v) is 1.27. The quantitative estimate of drug-likeness (QED) is 0.586. The Labute approximate surface area is 67.4 Å². The molecule has 0 spiro atoms. The Bertz CT molecular complexity index is 253. The molecule has 1 rings (SSSR count). The summed E-state index contributed by atoms with van der Waals surface area (Å²) < 4.78 is 0. The standard InChI is InChI=1S/C10H11N/c1-11-9-5-8-10-6-3-2-4-7-10/h2-4,6-7,11H,9H2,1H3. The molecule has 0 aromatic heterocycles. The first-order valence-corrected chi connectivity index (χ1v) is 3.62. The van der Waals surface area contributed by atoms with E-state index in [1.807, 2.05) is 37.4 Å². The van der Waals surface area contributed by atoms with E-state index in [1.54, 1.807) is 0 Å². The fraction of sp³-hybridized carbons (Fsp3) is 0.200. The molecule has 1 nitrogen and oxygen atoms in total. The monoisotopic (exact) mass is 145 g/mol. The molecule has 0 aliphatic rings. The van der Waals surface area contributed by atoms with Gasteiger partial charge in [-0.15, -0.1) is 0 Å². The van der Waals surface area contributed by atoms with Crippen LogP contribution in [0.4, 0.5) is 0 Å². The van der Waals surface area contributed by atoms with Gasteiger partial charge in [0.1, 0.15) is 0 Å². The highest BCUT2D eigenvalue weighted by atomic mass is 14.8. The molecule has 11 heavy (non-hydrogen) atoms. The van der Waals surface area contributed by atoms with E-state index in [1.165, 1.54) is 0 Å². The Morgan fingerprint density at radius 1 is 1.27 bits per heavy atom. The van der Waals surface area contributed by atoms with Gasteiger partial charge in [0, 0.05) is 5.56 Å². The van der Waals surface area contributed by atoms with Crippen molar-refractivity contribution in [2.24, 2.45) is 0 Å². The topological polar surface area (TPSA) is 12.0 Å². The first kappa shape index (κ1) is 7.84. The number of hydrogen-bond acceptors (Lipinski definition) is 1. The second-order valence-electron chi connectivity index (χ2n) is 2.20. The lowest BCUT2D eigenvalue weighted by Crippen LogP contribution is -2.04. The molecule has 0 unspecified atom stereocenters. The molecule has 1 N–H and O–H groups in total. The van der Waals surface area contributed by atoms with Crippen molar-refractivity contribution in [2.45, 2.75) is 0 Å². The van der Waals surface area contributed by atoms with Crippen molar-refractivity contribution in [3.8, 4) is 11.8 Å². The molecule has 0 saturated heterocycles. The van der Waals surface area contributed by atoms with E-state index < -0.39 is 0 Å². The lowest BCUT2D eigenvalue weighted by molar-refractivity contribution is 0.938. The number of rotatable bonds is 1. The van der Waals surface area contributed by atoms with Gasteiger partial charge in [0.2, 0.25) is 0 Å². The summed E-state index contributed by atoms with van der Waals surface area (Å²) in [6.45, 7) is 0.745. The zero-order valence-corrected chi connectivity index (χ0v) is 6.59. The van der Waals surface area contributed by atoms with Crippen LogP contribution in [-0.2, 0) is 0 Å². The Morgan fingerprint density at radius 3 is 2.64 bits per heavy atom. The van der Waals surface area contributed by atoms with E-state index in [2.05, 4.69) is 17.2 Å². The summed E-state index contributed by atoms with van der Waals surface area (Å²) in [5, 5.41) is 2.96. The highest BCUT2D eigenvalue weighted by Gasteiger charge is 1.79. The highest BCUT2D eigenvalue weighted by molar-refractivity contribution is 5.33. The van der Waals surface area contributed by atoms with Gasteiger partial charge in [-0.2, -0.15) is 0 Å². The molecular weight excluding hydrogens is 134 g/mol. The Balaban J connectivity index is 2.59. The number of hydrogen-bond donors (Lipinski definition) is 1. The average Bonchev–Trinajstić information content (AvgIpc) is 2.07. The van der Waals surface area contributed by atoms with E-state index >= 15 is 0 Å². The zero-order valence-electron chi connectivity index (χ0n) is 6.59. The molecule has 0 radical (unpaired) electrons. The molecule has 0 aliphatic heterocycles. The van der Waals surface area contributed by atoms with E-state index in [9.17, 15) is 0 Å². The van der Waals surface area contributed by atoms with Gasteiger partial charge in [-0.3, -0.25) is 0 Å². The van der Waals surface area contributed by atoms with Crippen LogP contribution >= 0.6 is 0 Å². The van der Waals surface area contributed by atoms with Gasteiger partial charge in [0.05, 0.1) is 6.54 Å². The van der Waals surface area contributed by atoms with Crippen LogP contribution in [0.15, 0.2) is 30.3 Å². The second kappa shape index (κ2) is 4.54. The summed E-state index contributed by atoms with van der Waals surface area (Å²) in [6, 6.07) is 9.97. The van der Waals surface area contributed by atoms with Gasteiger partial charge in [0.25, 0.3) is 0 Å². The van der Waals surface area contributed by atoms with E-state index in [4.69, 9.17) is 0 Å². The summed E-state index contributed by atoms with van der Waals surface area (Å²) in [5.41, 5.74) is 1.07. The average molecular weight is 145 g/mol. The minimum Gasteiger partial charge on any atom is -0.309 e. The van der Waals surface area contributed by atoms with Crippen molar-refractivity contribution >= 4 is 0 Å². The molecule has 0 heterocycles. The van der Waals surface area contributed by atoms with Crippen LogP contribution in [0.1, 0.15) is 5.56 Å². The predicted octanol–water partition coefficient (Wildman–Crippen LogP) is 1.26. The first-order chi connectivity index (χ1) is 5.43. The van der Waals surface area contributed by atoms with Gasteiger partial charge in [-0.05, 0) is 19.2 Å². The van der Waals surface area contributed by atoms with Crippen LogP contribution < -0.4 is 5.32 Å². The van der Waals surface area contributed by atoms with Crippen LogP contribution in [-0.4, -0.2) is 13.6 Å². The van der Waals surface area contributed by atoms with Gasteiger partial charge < -0.3 is 5.32 Å². The summed E-state index contributed by atoms with van der Waals surface area (Å²) in [7, 11) is 1.89. The molecule has 0 atom stereocenters. The summed E-state index contributed by atoms with van der Waals surface area (Å²) in [4.78, 5) is 0. The van der Waals surface area contributed by atoms with Crippen LogP contribution in [0, 0.1) is 11.8 Å². The normalized spacial score (nSPS) is 8.45. The largest absolute Gasteiger partial charge is 0.309 e. The third-order valence-electron chi connectivity index (χ3n) is 1.27. The molecule has 0 aliphatic carbocycles. The maximum Gasteiger partial charge on any atom is 0.0577 e. The van der Waals surface area contributed by atoms with Crippen LogP contribution in [0.5, 0.6) is 0 Å². The molecule has 1 aromatic rings. The molecule has 56 valence electrons. The second-order valence-corrected chi connectivity index (χ2v) is 2.20. The highest BCUT2D eigenvalue weighted by Crippen LogP contribution is 1.93. The van der Waals surface area contributed by atoms with E-state index in [-0.39, 0.29) is 0 Å². The lowest BCUT2D eigenvalue weighted by atomic mass is 10.2. The minimum absolute atomic E-state index is 0.745. The maximum absolute atomic E-state index is 3.03. The fourth-order valence-corrected chi connectivity index (χ4v) is 0.756. The van der Waals surface area contributed by atoms with Crippen molar-refractivity contribution in [3.05, 3.63) is 35.9 Å². The van der Waals surface area contributed by atoms with Crippen LogP contribution in [0.2, 0.25) is 0 Å². The number of benzene rings is 1. The summed E-state index contributed by atoms with van der Waals surface area (Å²) >= 11 is 0. The predicted molar refractivity (Wildman–Crippen MR) is 47.2 cm³/mol. The SMILES string of the molecule is CNCC#Cc1ccccc1. The van der Waals surface area contributed by atoms with Gasteiger partial charge in [-0.25, -0.2) is 0 Å². The summed E-state index contributed by atoms with van der Waals surface area (Å²) in [6.07, 6.45) is 0.